The van der Waals surface area contributed by atoms with E-state index in [9.17, 15) is 13.8 Å². The summed E-state index contributed by atoms with van der Waals surface area (Å²) in [5, 5.41) is 5.10. The van der Waals surface area contributed by atoms with Crippen LogP contribution >= 0.6 is 0 Å². The van der Waals surface area contributed by atoms with Crippen molar-refractivity contribution in [3.8, 4) is 0 Å². The van der Waals surface area contributed by atoms with Crippen molar-refractivity contribution in [2.75, 3.05) is 18.1 Å². The summed E-state index contributed by atoms with van der Waals surface area (Å²) in [4.78, 5) is 21.8. The molecule has 1 heterocycles. The molecule has 14 heavy (non-hydrogen) atoms. The Morgan fingerprint density at radius 2 is 2.29 bits per heavy atom. The lowest BCUT2D eigenvalue weighted by molar-refractivity contribution is -0.125. The molecule has 0 aromatic carbocycles. The standard InChI is InChI=1S/C8H14N2O3S/c1-2-14(13)4-3-9-6-5-7(11)10-8(6)12/h6,9H,2-5H2,1H3,(H,10,11,12). The molecule has 0 radical (unpaired) electrons. The Morgan fingerprint density at radius 3 is 2.79 bits per heavy atom. The summed E-state index contributed by atoms with van der Waals surface area (Å²) in [5.74, 6) is 0.618. The SMILES string of the molecule is CCS(=O)CCNC1CC(=O)NC1=O. The van der Waals surface area contributed by atoms with Crippen molar-refractivity contribution in [2.45, 2.75) is 19.4 Å². The summed E-state index contributed by atoms with van der Waals surface area (Å²) in [7, 11) is -0.826. The van der Waals surface area contributed by atoms with E-state index in [1.165, 1.54) is 0 Å². The molecule has 80 valence electrons. The van der Waals surface area contributed by atoms with E-state index in [0.29, 0.717) is 18.1 Å². The van der Waals surface area contributed by atoms with Crippen LogP contribution in [0.3, 0.4) is 0 Å². The second-order valence-electron chi connectivity index (χ2n) is 3.06. The molecule has 0 spiro atoms. The van der Waals surface area contributed by atoms with Crippen LogP contribution in [0.2, 0.25) is 0 Å². The number of carbonyl (C=O) groups excluding carboxylic acids is 2. The molecular weight excluding hydrogens is 204 g/mol. The van der Waals surface area contributed by atoms with Crippen LogP contribution in [0.5, 0.6) is 0 Å². The second-order valence-corrected chi connectivity index (χ2v) is 4.92. The maximum absolute atomic E-state index is 11.1. The summed E-state index contributed by atoms with van der Waals surface area (Å²) >= 11 is 0. The zero-order valence-electron chi connectivity index (χ0n) is 8.04. The van der Waals surface area contributed by atoms with Crippen LogP contribution in [-0.2, 0) is 20.4 Å². The van der Waals surface area contributed by atoms with Crippen molar-refractivity contribution >= 4 is 22.6 Å². The number of nitrogens with one attached hydrogen (secondary N) is 2. The summed E-state index contributed by atoms with van der Waals surface area (Å²) in [6, 6.07) is -0.434. The van der Waals surface area contributed by atoms with E-state index in [1.54, 1.807) is 0 Å². The Balaban J connectivity index is 2.22. The zero-order valence-corrected chi connectivity index (χ0v) is 8.86. The van der Waals surface area contributed by atoms with Gasteiger partial charge in [-0.3, -0.25) is 19.1 Å². The van der Waals surface area contributed by atoms with Crippen molar-refractivity contribution in [3.05, 3.63) is 0 Å². The highest BCUT2D eigenvalue weighted by Crippen LogP contribution is 2.00. The van der Waals surface area contributed by atoms with Gasteiger partial charge in [-0.1, -0.05) is 6.92 Å². The number of rotatable bonds is 5. The minimum Gasteiger partial charge on any atom is -0.305 e. The molecule has 0 bridgehead atoms. The number of amides is 2. The van der Waals surface area contributed by atoms with Gasteiger partial charge >= 0.3 is 0 Å². The minimum atomic E-state index is -0.826. The molecule has 1 aliphatic heterocycles. The molecule has 1 saturated heterocycles. The molecule has 1 aliphatic rings. The van der Waals surface area contributed by atoms with Gasteiger partial charge in [-0.15, -0.1) is 0 Å². The van der Waals surface area contributed by atoms with Crippen LogP contribution in [0, 0.1) is 0 Å². The van der Waals surface area contributed by atoms with Gasteiger partial charge in [0.25, 0.3) is 0 Å². The smallest absolute Gasteiger partial charge is 0.244 e. The first kappa shape index (κ1) is 11.3. The molecule has 0 aromatic heterocycles. The lowest BCUT2D eigenvalue weighted by atomic mass is 10.2. The highest BCUT2D eigenvalue weighted by atomic mass is 32.2. The first-order chi connectivity index (χ1) is 6.63. The van der Waals surface area contributed by atoms with E-state index in [0.717, 1.165) is 0 Å². The quantitative estimate of drug-likeness (QED) is 0.566. The van der Waals surface area contributed by atoms with Crippen LogP contribution in [0.15, 0.2) is 0 Å². The van der Waals surface area contributed by atoms with Gasteiger partial charge in [0.1, 0.15) is 0 Å². The van der Waals surface area contributed by atoms with E-state index < -0.39 is 16.8 Å². The number of imide groups is 1. The minimum absolute atomic E-state index is 0.192. The van der Waals surface area contributed by atoms with Crippen LogP contribution in [-0.4, -0.2) is 40.1 Å². The van der Waals surface area contributed by atoms with Crippen molar-refractivity contribution in [1.82, 2.24) is 10.6 Å². The number of hydrogen-bond acceptors (Lipinski definition) is 4. The van der Waals surface area contributed by atoms with Gasteiger partial charge in [0.05, 0.1) is 12.5 Å². The highest BCUT2D eigenvalue weighted by molar-refractivity contribution is 7.84. The van der Waals surface area contributed by atoms with Gasteiger partial charge in [0.15, 0.2) is 0 Å². The lowest BCUT2D eigenvalue weighted by Crippen LogP contribution is -2.38. The van der Waals surface area contributed by atoms with Gasteiger partial charge in [-0.05, 0) is 0 Å². The van der Waals surface area contributed by atoms with E-state index >= 15 is 0 Å². The molecule has 0 aromatic rings. The van der Waals surface area contributed by atoms with Crippen LogP contribution in [0.25, 0.3) is 0 Å². The zero-order chi connectivity index (χ0) is 10.6. The van der Waals surface area contributed by atoms with Crippen LogP contribution in [0.4, 0.5) is 0 Å². The fourth-order valence-corrected chi connectivity index (χ4v) is 1.84. The Morgan fingerprint density at radius 1 is 1.57 bits per heavy atom. The molecule has 1 fully saturated rings. The van der Waals surface area contributed by atoms with E-state index in [4.69, 9.17) is 0 Å². The maximum Gasteiger partial charge on any atom is 0.244 e. The number of carbonyl (C=O) groups is 2. The summed E-state index contributed by atoms with van der Waals surface area (Å²) in [5.41, 5.74) is 0. The Bertz CT molecular complexity index is 267. The van der Waals surface area contributed by atoms with Gasteiger partial charge in [-0.25, -0.2) is 0 Å². The average molecular weight is 218 g/mol. The van der Waals surface area contributed by atoms with Gasteiger partial charge in [-0.2, -0.15) is 0 Å². The summed E-state index contributed by atoms with van der Waals surface area (Å²) in [6.45, 7) is 2.35. The van der Waals surface area contributed by atoms with Crippen molar-refractivity contribution in [1.29, 1.82) is 0 Å². The largest absolute Gasteiger partial charge is 0.305 e. The molecular formula is C8H14N2O3S. The van der Waals surface area contributed by atoms with Crippen LogP contribution < -0.4 is 10.6 Å². The summed E-state index contributed by atoms with van der Waals surface area (Å²) < 4.78 is 11.0. The third-order valence-corrected chi connectivity index (χ3v) is 3.31. The maximum atomic E-state index is 11.1. The Hall–Kier alpha value is -0.750. The van der Waals surface area contributed by atoms with E-state index in [2.05, 4.69) is 10.6 Å². The first-order valence-corrected chi connectivity index (χ1v) is 6.04. The average Bonchev–Trinajstić information content (AvgIpc) is 2.45. The molecule has 5 nitrogen and oxygen atoms in total. The van der Waals surface area contributed by atoms with Crippen molar-refractivity contribution in [2.24, 2.45) is 0 Å². The molecule has 2 amide bonds. The highest BCUT2D eigenvalue weighted by Gasteiger charge is 2.29. The van der Waals surface area contributed by atoms with E-state index in [-0.39, 0.29) is 18.2 Å². The van der Waals surface area contributed by atoms with Crippen LogP contribution in [0.1, 0.15) is 13.3 Å². The molecule has 2 N–H and O–H groups in total. The van der Waals surface area contributed by atoms with Gasteiger partial charge < -0.3 is 5.32 Å². The third-order valence-electron chi connectivity index (χ3n) is 2.01. The Labute approximate surface area is 85.1 Å². The number of hydrogen-bond donors (Lipinski definition) is 2. The normalized spacial score (nSPS) is 23.6. The van der Waals surface area contributed by atoms with Crippen molar-refractivity contribution in [3.63, 3.8) is 0 Å². The molecule has 0 aliphatic carbocycles. The van der Waals surface area contributed by atoms with E-state index in [1.807, 2.05) is 6.92 Å². The fourth-order valence-electron chi connectivity index (χ4n) is 1.21. The van der Waals surface area contributed by atoms with Crippen molar-refractivity contribution < 1.29 is 13.8 Å². The van der Waals surface area contributed by atoms with Gasteiger partial charge in [0, 0.05) is 28.9 Å². The molecule has 6 heteroatoms. The molecule has 1 rings (SSSR count). The predicted octanol–water partition coefficient (Wildman–Crippen LogP) is -1.24. The monoisotopic (exact) mass is 218 g/mol. The second kappa shape index (κ2) is 5.21. The summed E-state index contributed by atoms with van der Waals surface area (Å²) in [6.07, 6.45) is 0.192. The Kier molecular flexibility index (Phi) is 4.21. The fraction of sp³-hybridized carbons (Fsp3) is 0.750. The molecule has 2 unspecified atom stereocenters. The third kappa shape index (κ3) is 3.19. The predicted molar refractivity (Wildman–Crippen MR) is 53.1 cm³/mol. The molecule has 0 saturated carbocycles. The molecule has 2 atom stereocenters. The lowest BCUT2D eigenvalue weighted by Gasteiger charge is -2.07. The first-order valence-electron chi connectivity index (χ1n) is 4.55. The van der Waals surface area contributed by atoms with Gasteiger partial charge in [0.2, 0.25) is 11.8 Å². The topological polar surface area (TPSA) is 75.3 Å².